The highest BCUT2D eigenvalue weighted by molar-refractivity contribution is 7.81. The molecule has 2 heterocycles. The predicted molar refractivity (Wildman–Crippen MR) is 122 cm³/mol. The van der Waals surface area contributed by atoms with E-state index in [1.165, 1.54) is 5.56 Å². The van der Waals surface area contributed by atoms with Crippen molar-refractivity contribution < 1.29 is 4.79 Å². The topological polar surface area (TPSA) is 56.6 Å². The lowest BCUT2D eigenvalue weighted by molar-refractivity contribution is -0.115. The number of aryl methyl sites for hydroxylation is 3. The van der Waals surface area contributed by atoms with Gasteiger partial charge in [-0.25, -0.2) is 9.83 Å². The first kappa shape index (κ1) is 19.8. The maximum absolute atomic E-state index is 12.7. The van der Waals surface area contributed by atoms with Crippen LogP contribution in [0, 0.1) is 13.5 Å². The predicted octanol–water partition coefficient (Wildman–Crippen LogP) is 4.58. The molecule has 1 amide bonds. The van der Waals surface area contributed by atoms with E-state index in [1.54, 1.807) is 23.2 Å². The number of rotatable bonds is 6. The lowest BCUT2D eigenvalue weighted by atomic mass is 10.1. The van der Waals surface area contributed by atoms with Crippen molar-refractivity contribution in [2.24, 2.45) is 0 Å². The molecule has 2 aromatic carbocycles. The molecule has 0 spiro atoms. The summed E-state index contributed by atoms with van der Waals surface area (Å²) in [7, 11) is 0. The number of anilines is 2. The SMILES string of the molecule is [C-]#[N+]c1ccc(N2C(=O)CN(c3ccc(CCCc4ncc[nH]4)cc3)C2=S)cc1C. The van der Waals surface area contributed by atoms with E-state index in [0.717, 1.165) is 36.3 Å². The molecule has 3 aromatic rings. The minimum atomic E-state index is -0.0718. The molecule has 0 atom stereocenters. The van der Waals surface area contributed by atoms with Crippen molar-refractivity contribution in [1.29, 1.82) is 0 Å². The van der Waals surface area contributed by atoms with Crippen LogP contribution in [-0.2, 0) is 17.6 Å². The van der Waals surface area contributed by atoms with E-state index in [2.05, 4.69) is 26.9 Å². The summed E-state index contributed by atoms with van der Waals surface area (Å²) in [6, 6.07) is 13.5. The standard InChI is InChI=1S/C23H21N5OS/c1-16-14-19(10-11-20(16)24-2)28-22(29)15-27(23(28)30)18-8-6-17(7-9-18)4-3-5-21-25-12-13-26-21/h6-14H,3-5,15H2,1H3,(H,25,26). The van der Waals surface area contributed by atoms with Crippen LogP contribution in [-0.4, -0.2) is 27.5 Å². The Hall–Kier alpha value is -3.50. The summed E-state index contributed by atoms with van der Waals surface area (Å²) in [5.41, 5.74) is 4.25. The van der Waals surface area contributed by atoms with Crippen LogP contribution in [0.15, 0.2) is 54.9 Å². The number of nitrogens with one attached hydrogen (secondary N) is 1. The van der Waals surface area contributed by atoms with Crippen molar-refractivity contribution in [3.63, 3.8) is 0 Å². The third-order valence-electron chi connectivity index (χ3n) is 5.21. The molecule has 0 saturated carbocycles. The summed E-state index contributed by atoms with van der Waals surface area (Å²) in [4.78, 5) is 26.9. The van der Waals surface area contributed by atoms with Crippen molar-refractivity contribution in [3.05, 3.63) is 83.2 Å². The van der Waals surface area contributed by atoms with Gasteiger partial charge in [-0.05, 0) is 67.4 Å². The lowest BCUT2D eigenvalue weighted by Crippen LogP contribution is -2.32. The number of benzene rings is 2. The normalized spacial score (nSPS) is 13.7. The second-order valence-corrected chi connectivity index (χ2v) is 7.60. The number of hydrogen-bond acceptors (Lipinski definition) is 3. The molecule has 150 valence electrons. The van der Waals surface area contributed by atoms with E-state index in [0.29, 0.717) is 16.5 Å². The molecular weight excluding hydrogens is 394 g/mol. The molecule has 1 saturated heterocycles. The van der Waals surface area contributed by atoms with E-state index < -0.39 is 0 Å². The van der Waals surface area contributed by atoms with Gasteiger partial charge in [0.1, 0.15) is 12.4 Å². The second-order valence-electron chi connectivity index (χ2n) is 7.24. The molecule has 1 aliphatic rings. The van der Waals surface area contributed by atoms with Gasteiger partial charge in [0.05, 0.1) is 6.57 Å². The highest BCUT2D eigenvalue weighted by Gasteiger charge is 2.34. The highest BCUT2D eigenvalue weighted by atomic mass is 32.1. The Morgan fingerprint density at radius 1 is 1.17 bits per heavy atom. The summed E-state index contributed by atoms with van der Waals surface area (Å²) < 4.78 is 0. The summed E-state index contributed by atoms with van der Waals surface area (Å²) in [5.74, 6) is 0.935. The third kappa shape index (κ3) is 3.95. The summed E-state index contributed by atoms with van der Waals surface area (Å²) in [6.45, 7) is 9.26. The van der Waals surface area contributed by atoms with Gasteiger partial charge in [0.15, 0.2) is 10.8 Å². The number of nitrogens with zero attached hydrogens (tertiary/aromatic N) is 4. The molecule has 0 aliphatic carbocycles. The molecule has 1 N–H and O–H groups in total. The molecule has 4 rings (SSSR count). The Balaban J connectivity index is 1.44. The lowest BCUT2D eigenvalue weighted by Gasteiger charge is -2.21. The average molecular weight is 416 g/mol. The molecule has 30 heavy (non-hydrogen) atoms. The fourth-order valence-corrected chi connectivity index (χ4v) is 3.98. The monoisotopic (exact) mass is 415 g/mol. The Morgan fingerprint density at radius 2 is 1.93 bits per heavy atom. The number of aromatic amines is 1. The molecular formula is C23H21N5OS. The van der Waals surface area contributed by atoms with Crippen molar-refractivity contribution >= 4 is 40.3 Å². The zero-order valence-electron chi connectivity index (χ0n) is 16.6. The zero-order chi connectivity index (χ0) is 21.1. The number of imidazole rings is 1. The number of hydrogen-bond donors (Lipinski definition) is 1. The van der Waals surface area contributed by atoms with Gasteiger partial charge in [-0.1, -0.05) is 18.2 Å². The summed E-state index contributed by atoms with van der Waals surface area (Å²) in [6.07, 6.45) is 6.51. The number of amides is 1. The van der Waals surface area contributed by atoms with Crippen molar-refractivity contribution in [1.82, 2.24) is 9.97 Å². The largest absolute Gasteiger partial charge is 0.349 e. The van der Waals surface area contributed by atoms with Gasteiger partial charge >= 0.3 is 0 Å². The van der Waals surface area contributed by atoms with Gasteiger partial charge in [0, 0.05) is 30.2 Å². The minimum absolute atomic E-state index is 0.0718. The van der Waals surface area contributed by atoms with Gasteiger partial charge < -0.3 is 9.88 Å². The fraction of sp³-hybridized carbons (Fsp3) is 0.217. The van der Waals surface area contributed by atoms with Crippen molar-refractivity contribution in [2.75, 3.05) is 16.3 Å². The van der Waals surface area contributed by atoms with Crippen LogP contribution in [0.25, 0.3) is 4.85 Å². The minimum Gasteiger partial charge on any atom is -0.349 e. The molecule has 1 aromatic heterocycles. The van der Waals surface area contributed by atoms with E-state index in [9.17, 15) is 4.79 Å². The average Bonchev–Trinajstić information content (AvgIpc) is 3.36. The summed E-state index contributed by atoms with van der Waals surface area (Å²) in [5, 5.41) is 0.459. The van der Waals surface area contributed by atoms with Gasteiger partial charge in [0.2, 0.25) is 0 Å². The van der Waals surface area contributed by atoms with Gasteiger partial charge in [0.25, 0.3) is 5.91 Å². The number of aromatic nitrogens is 2. The van der Waals surface area contributed by atoms with Crippen molar-refractivity contribution in [2.45, 2.75) is 26.2 Å². The van der Waals surface area contributed by atoms with Crippen LogP contribution in [0.4, 0.5) is 17.1 Å². The number of carbonyl (C=O) groups is 1. The number of H-pyrrole nitrogens is 1. The molecule has 0 unspecified atom stereocenters. The quantitative estimate of drug-likeness (QED) is 0.473. The first-order valence-corrected chi connectivity index (χ1v) is 10.2. The maximum atomic E-state index is 12.7. The van der Waals surface area contributed by atoms with Crippen LogP contribution in [0.2, 0.25) is 0 Å². The zero-order valence-corrected chi connectivity index (χ0v) is 17.4. The second kappa shape index (κ2) is 8.47. The van der Waals surface area contributed by atoms with E-state index in [1.807, 2.05) is 36.2 Å². The molecule has 7 heteroatoms. The number of carbonyl (C=O) groups excluding carboxylic acids is 1. The first-order chi connectivity index (χ1) is 14.6. The van der Waals surface area contributed by atoms with Crippen LogP contribution in [0.3, 0.4) is 0 Å². The molecule has 1 fully saturated rings. The number of thiocarbonyl (C=S) groups is 1. The van der Waals surface area contributed by atoms with E-state index in [-0.39, 0.29) is 12.5 Å². The highest BCUT2D eigenvalue weighted by Crippen LogP contribution is 2.30. The van der Waals surface area contributed by atoms with Gasteiger partial charge in [-0.15, -0.1) is 0 Å². The van der Waals surface area contributed by atoms with E-state index >= 15 is 0 Å². The summed E-state index contributed by atoms with van der Waals surface area (Å²) >= 11 is 5.62. The van der Waals surface area contributed by atoms with Crippen LogP contribution < -0.4 is 9.80 Å². The Labute approximate surface area is 181 Å². The van der Waals surface area contributed by atoms with Crippen molar-refractivity contribution in [3.8, 4) is 0 Å². The van der Waals surface area contributed by atoms with Gasteiger partial charge in [-0.2, -0.15) is 0 Å². The smallest absolute Gasteiger partial charge is 0.253 e. The molecule has 1 aliphatic heterocycles. The van der Waals surface area contributed by atoms with Gasteiger partial charge in [-0.3, -0.25) is 9.69 Å². The Morgan fingerprint density at radius 3 is 2.60 bits per heavy atom. The third-order valence-corrected chi connectivity index (χ3v) is 5.61. The molecule has 6 nitrogen and oxygen atoms in total. The fourth-order valence-electron chi connectivity index (χ4n) is 3.60. The molecule has 0 bridgehead atoms. The molecule has 0 radical (unpaired) electrons. The first-order valence-electron chi connectivity index (χ1n) is 9.76. The Bertz CT molecular complexity index is 1120. The van der Waals surface area contributed by atoms with Crippen LogP contribution >= 0.6 is 12.2 Å². The maximum Gasteiger partial charge on any atom is 0.253 e. The van der Waals surface area contributed by atoms with Crippen LogP contribution in [0.1, 0.15) is 23.4 Å². The van der Waals surface area contributed by atoms with E-state index in [4.69, 9.17) is 18.8 Å². The Kier molecular flexibility index (Phi) is 5.59. The van der Waals surface area contributed by atoms with Crippen LogP contribution in [0.5, 0.6) is 0 Å².